The molecule has 0 amide bonds. The molecular weight excluding hydrogens is 441 g/mol. The lowest BCUT2D eigenvalue weighted by atomic mass is 9.91. The Morgan fingerprint density at radius 1 is 1.26 bits per heavy atom. The van der Waals surface area contributed by atoms with Crippen LogP contribution in [-0.4, -0.2) is 36.1 Å². The number of ether oxygens (including phenoxy) is 1. The number of rotatable bonds is 7. The summed E-state index contributed by atoms with van der Waals surface area (Å²) in [5, 5.41) is 21.9. The molecule has 1 aromatic heterocycles. The number of nitrogen functional groups attached to an aromatic ring is 1. The van der Waals surface area contributed by atoms with Gasteiger partial charge in [-0.3, -0.25) is 10.2 Å². The molecule has 7 nitrogen and oxygen atoms in total. The van der Waals surface area contributed by atoms with Crippen molar-refractivity contribution in [3.05, 3.63) is 65.6 Å². The van der Waals surface area contributed by atoms with Gasteiger partial charge in [0.05, 0.1) is 18.6 Å². The number of hydrogen-bond donors (Lipinski definition) is 4. The maximum Gasteiger partial charge on any atom is 0.304 e. The normalized spacial score (nSPS) is 16.2. The summed E-state index contributed by atoms with van der Waals surface area (Å²) in [7, 11) is 0. The number of furan rings is 1. The van der Waals surface area contributed by atoms with E-state index >= 15 is 0 Å². The largest absolute Gasteiger partial charge is 0.489 e. The molecule has 3 aromatic rings. The highest BCUT2D eigenvalue weighted by molar-refractivity contribution is 5.99. The summed E-state index contributed by atoms with van der Waals surface area (Å²) in [6, 6.07) is 12.9. The summed E-state index contributed by atoms with van der Waals surface area (Å²) in [6.07, 6.45) is 2.63. The smallest absolute Gasteiger partial charge is 0.304 e. The van der Waals surface area contributed by atoms with Gasteiger partial charge < -0.3 is 25.3 Å². The predicted molar refractivity (Wildman–Crippen MR) is 124 cm³/mol. The van der Waals surface area contributed by atoms with Crippen LogP contribution in [0, 0.1) is 5.41 Å². The van der Waals surface area contributed by atoms with Gasteiger partial charge in [-0.05, 0) is 36.7 Å². The average Bonchev–Trinajstić information content (AvgIpc) is 3.36. The van der Waals surface area contributed by atoms with Crippen molar-refractivity contribution in [3.8, 4) is 5.75 Å². The van der Waals surface area contributed by atoms with Gasteiger partial charge in [-0.2, -0.15) is 0 Å². The highest BCUT2D eigenvalue weighted by Crippen LogP contribution is 2.35. The summed E-state index contributed by atoms with van der Waals surface area (Å²) in [5.41, 5.74) is 7.00. The maximum absolute atomic E-state index is 11.5. The number of halogens is 2. The van der Waals surface area contributed by atoms with E-state index in [9.17, 15) is 9.90 Å². The van der Waals surface area contributed by atoms with Crippen LogP contribution < -0.4 is 15.8 Å². The van der Waals surface area contributed by atoms with Gasteiger partial charge in [0.1, 0.15) is 23.4 Å². The number of nitrogens with two attached hydrogens (primary N) is 1. The van der Waals surface area contributed by atoms with Crippen LogP contribution in [0.1, 0.15) is 35.6 Å². The van der Waals surface area contributed by atoms with E-state index in [1.54, 1.807) is 18.4 Å². The lowest BCUT2D eigenvalue weighted by Crippen LogP contribution is -2.19. The zero-order chi connectivity index (χ0) is 20.4. The Balaban J connectivity index is 0.00000171. The van der Waals surface area contributed by atoms with Crippen LogP contribution in [0.15, 0.2) is 53.1 Å². The first kappa shape index (κ1) is 24.5. The molecule has 166 valence electrons. The minimum atomic E-state index is -0.905. The van der Waals surface area contributed by atoms with E-state index in [0.717, 1.165) is 41.6 Å². The zero-order valence-corrected chi connectivity index (χ0v) is 18.3. The number of amidine groups is 1. The molecule has 1 aliphatic rings. The fraction of sp³-hybridized carbons (Fsp3) is 0.273. The highest BCUT2D eigenvalue weighted by Gasteiger charge is 2.24. The topological polar surface area (TPSA) is 122 Å². The second kappa shape index (κ2) is 10.5. The Kier molecular flexibility index (Phi) is 8.33. The van der Waals surface area contributed by atoms with Crippen LogP contribution in [0.3, 0.4) is 0 Å². The fourth-order valence-electron chi connectivity index (χ4n) is 3.75. The van der Waals surface area contributed by atoms with Gasteiger partial charge >= 0.3 is 5.97 Å². The molecule has 0 radical (unpaired) electrons. The molecule has 5 N–H and O–H groups in total. The number of carboxylic acids is 1. The first-order valence-corrected chi connectivity index (χ1v) is 9.56. The van der Waals surface area contributed by atoms with Crippen molar-refractivity contribution >= 4 is 47.4 Å². The Morgan fingerprint density at radius 2 is 2.00 bits per heavy atom. The number of benzene rings is 2. The summed E-state index contributed by atoms with van der Waals surface area (Å²) >= 11 is 0. The molecule has 2 atom stereocenters. The maximum atomic E-state index is 11.5. The van der Waals surface area contributed by atoms with Crippen LogP contribution in [0.4, 0.5) is 0 Å². The zero-order valence-electron chi connectivity index (χ0n) is 16.7. The minimum absolute atomic E-state index is 0. The van der Waals surface area contributed by atoms with E-state index in [1.807, 2.05) is 30.3 Å². The molecule has 1 fully saturated rings. The summed E-state index contributed by atoms with van der Waals surface area (Å²) in [5.74, 6) is -0.00415. The van der Waals surface area contributed by atoms with Crippen LogP contribution in [0.5, 0.6) is 5.75 Å². The third-order valence-corrected chi connectivity index (χ3v) is 5.24. The van der Waals surface area contributed by atoms with Crippen LogP contribution in [0.2, 0.25) is 0 Å². The third kappa shape index (κ3) is 5.50. The SMILES string of the molecule is Cl.Cl.N=C(N)c1ccc2c(C(CC(=O)O)c3ccc(O[C@H]4CCNC4)cc3)occ2c1. The summed E-state index contributed by atoms with van der Waals surface area (Å²) in [6.45, 7) is 1.80. The van der Waals surface area contributed by atoms with Crippen molar-refractivity contribution in [2.45, 2.75) is 24.9 Å². The lowest BCUT2D eigenvalue weighted by Gasteiger charge is -2.16. The van der Waals surface area contributed by atoms with E-state index in [4.69, 9.17) is 20.3 Å². The van der Waals surface area contributed by atoms with E-state index in [-0.39, 0.29) is 43.2 Å². The van der Waals surface area contributed by atoms with Gasteiger partial charge in [0, 0.05) is 22.9 Å². The number of hydrogen-bond acceptors (Lipinski definition) is 5. The molecule has 31 heavy (non-hydrogen) atoms. The molecule has 0 aliphatic carbocycles. The Labute approximate surface area is 192 Å². The molecule has 0 spiro atoms. The lowest BCUT2D eigenvalue weighted by molar-refractivity contribution is -0.137. The average molecular weight is 466 g/mol. The van der Waals surface area contributed by atoms with Crippen LogP contribution >= 0.6 is 24.8 Å². The Bertz CT molecular complexity index is 1050. The van der Waals surface area contributed by atoms with Gasteiger partial charge in [-0.1, -0.05) is 24.3 Å². The van der Waals surface area contributed by atoms with Crippen molar-refractivity contribution in [1.82, 2.24) is 5.32 Å². The second-order valence-electron chi connectivity index (χ2n) is 7.27. The molecule has 4 rings (SSSR count). The number of carbonyl (C=O) groups is 1. The monoisotopic (exact) mass is 465 g/mol. The van der Waals surface area contributed by atoms with Crippen molar-refractivity contribution in [1.29, 1.82) is 5.41 Å². The summed E-state index contributed by atoms with van der Waals surface area (Å²) in [4.78, 5) is 11.5. The molecule has 9 heteroatoms. The van der Waals surface area contributed by atoms with Crippen LogP contribution in [0.25, 0.3) is 10.8 Å². The molecular formula is C22H25Cl2N3O4. The molecule has 2 heterocycles. The number of carboxylic acid groups (broad SMARTS) is 1. The van der Waals surface area contributed by atoms with E-state index in [0.29, 0.717) is 11.3 Å². The second-order valence-corrected chi connectivity index (χ2v) is 7.27. The van der Waals surface area contributed by atoms with Crippen molar-refractivity contribution in [3.63, 3.8) is 0 Å². The fourth-order valence-corrected chi connectivity index (χ4v) is 3.75. The van der Waals surface area contributed by atoms with Gasteiger partial charge in [0.2, 0.25) is 0 Å². The van der Waals surface area contributed by atoms with Crippen molar-refractivity contribution in [2.24, 2.45) is 5.73 Å². The van der Waals surface area contributed by atoms with Gasteiger partial charge in [0.15, 0.2) is 0 Å². The van der Waals surface area contributed by atoms with Crippen molar-refractivity contribution < 1.29 is 19.1 Å². The predicted octanol–water partition coefficient (Wildman–Crippen LogP) is 3.91. The minimum Gasteiger partial charge on any atom is -0.489 e. The van der Waals surface area contributed by atoms with Gasteiger partial charge in [0.25, 0.3) is 0 Å². The van der Waals surface area contributed by atoms with E-state index < -0.39 is 11.9 Å². The first-order chi connectivity index (χ1) is 14.0. The number of aliphatic carboxylic acids is 1. The van der Waals surface area contributed by atoms with E-state index in [1.165, 1.54) is 0 Å². The molecule has 1 saturated heterocycles. The Morgan fingerprint density at radius 3 is 2.61 bits per heavy atom. The molecule has 1 aliphatic heterocycles. The third-order valence-electron chi connectivity index (χ3n) is 5.24. The standard InChI is InChI=1S/C22H23N3O4.2ClH/c23-22(24)14-3-6-18-15(9-14)12-28-21(18)19(10-20(26)27)13-1-4-16(5-2-13)29-17-7-8-25-11-17;;/h1-6,9,12,17,19,25H,7-8,10-11H2,(H3,23,24)(H,26,27);2*1H/t17-,19?;;/m0../s1. The highest BCUT2D eigenvalue weighted by atomic mass is 35.5. The van der Waals surface area contributed by atoms with E-state index in [2.05, 4.69) is 5.32 Å². The molecule has 0 saturated carbocycles. The Hall–Kier alpha value is -2.74. The molecule has 2 aromatic carbocycles. The molecule has 0 bridgehead atoms. The number of nitrogens with one attached hydrogen (secondary N) is 2. The van der Waals surface area contributed by atoms with Crippen LogP contribution in [-0.2, 0) is 4.79 Å². The quantitative estimate of drug-likeness (QED) is 0.310. The van der Waals surface area contributed by atoms with Gasteiger partial charge in [-0.25, -0.2) is 0 Å². The van der Waals surface area contributed by atoms with Gasteiger partial charge in [-0.15, -0.1) is 24.8 Å². The summed E-state index contributed by atoms with van der Waals surface area (Å²) < 4.78 is 11.7. The number of fused-ring (bicyclic) bond motifs is 1. The molecule has 1 unspecified atom stereocenters. The first-order valence-electron chi connectivity index (χ1n) is 9.56. The van der Waals surface area contributed by atoms with Crippen molar-refractivity contribution in [2.75, 3.05) is 13.1 Å².